The van der Waals surface area contributed by atoms with Crippen molar-refractivity contribution < 1.29 is 14.4 Å². The van der Waals surface area contributed by atoms with Crippen molar-refractivity contribution in [2.45, 2.75) is 12.5 Å². The molecule has 13 heavy (non-hydrogen) atoms. The third-order valence-corrected chi connectivity index (χ3v) is 3.22. The minimum Gasteiger partial charge on any atom is -0.390 e. The number of nitrogens with one attached hydrogen (secondary N) is 1. The molecule has 0 aromatic rings. The van der Waals surface area contributed by atoms with Crippen LogP contribution in [-0.2, 0) is 0 Å². The maximum Gasteiger partial charge on any atom is 0.492 e. The highest BCUT2D eigenvalue weighted by Gasteiger charge is 2.26. The summed E-state index contributed by atoms with van der Waals surface area (Å²) in [6, 6.07) is 0.150. The molecule has 0 bridgehead atoms. The van der Waals surface area contributed by atoms with E-state index in [1.165, 1.54) is 0 Å². The van der Waals surface area contributed by atoms with Crippen LogP contribution in [-0.4, -0.2) is 60.8 Å². The van der Waals surface area contributed by atoms with Crippen LogP contribution in [0.25, 0.3) is 0 Å². The van der Waals surface area contributed by atoms with Crippen molar-refractivity contribution in [3.63, 3.8) is 0 Å². The van der Waals surface area contributed by atoms with Crippen molar-refractivity contribution in [3.8, 4) is 0 Å². The molecule has 0 aromatic carbocycles. The van der Waals surface area contributed by atoms with E-state index in [1.807, 2.05) is 0 Å². The quantitative estimate of drug-likeness (QED) is 0.408. The maximum absolute atomic E-state index is 8.77. The lowest BCUT2D eigenvalue weighted by atomic mass is 10.3. The highest BCUT2D eigenvalue weighted by Crippen LogP contribution is 2.03. The monoisotopic (exact) mass is 206 g/mol. The lowest BCUT2D eigenvalue weighted by Crippen LogP contribution is -2.44. The average Bonchev–Trinajstić information content (AvgIpc) is 2.04. The Morgan fingerprint density at radius 1 is 1.15 bits per heavy atom. The summed E-state index contributed by atoms with van der Waals surface area (Å²) in [5.74, 6) is 0. The summed E-state index contributed by atoms with van der Waals surface area (Å²) < 4.78 is 0. The van der Waals surface area contributed by atoms with Crippen LogP contribution in [0.3, 0.4) is 0 Å². The number of nitrogens with zero attached hydrogens (tertiary/aromatic N) is 1. The number of rotatable bonds is 4. The second-order valence-electron chi connectivity index (χ2n) is 3.47. The van der Waals surface area contributed by atoms with Crippen molar-refractivity contribution >= 4 is 8.80 Å². The van der Waals surface area contributed by atoms with E-state index in [-0.39, 0.29) is 6.04 Å². The Balaban J connectivity index is 2.04. The first-order valence-electron chi connectivity index (χ1n) is 4.68. The Labute approximate surface area is 79.4 Å². The van der Waals surface area contributed by atoms with Gasteiger partial charge in [-0.15, -0.1) is 0 Å². The van der Waals surface area contributed by atoms with Gasteiger partial charge < -0.3 is 24.6 Å². The molecule has 0 spiro atoms. The highest BCUT2D eigenvalue weighted by atomic mass is 28.4. The van der Waals surface area contributed by atoms with E-state index in [4.69, 9.17) is 14.4 Å². The molecule has 6 heteroatoms. The Kier molecular flexibility index (Phi) is 4.30. The number of piperazine rings is 1. The lowest BCUT2D eigenvalue weighted by Gasteiger charge is -2.27. The van der Waals surface area contributed by atoms with Gasteiger partial charge >= 0.3 is 8.80 Å². The van der Waals surface area contributed by atoms with Gasteiger partial charge in [0.25, 0.3) is 0 Å². The van der Waals surface area contributed by atoms with E-state index in [1.54, 1.807) is 0 Å². The van der Waals surface area contributed by atoms with Crippen LogP contribution < -0.4 is 5.32 Å². The van der Waals surface area contributed by atoms with Crippen LogP contribution in [0.1, 0.15) is 6.42 Å². The molecule has 1 saturated heterocycles. The normalized spacial score (nSPS) is 20.5. The van der Waals surface area contributed by atoms with Gasteiger partial charge in [0.15, 0.2) is 0 Å². The fourth-order valence-corrected chi connectivity index (χ4v) is 2.11. The molecule has 0 unspecified atom stereocenters. The molecule has 1 aliphatic rings. The molecule has 78 valence electrons. The Morgan fingerprint density at radius 2 is 1.77 bits per heavy atom. The molecule has 5 nitrogen and oxygen atoms in total. The summed E-state index contributed by atoms with van der Waals surface area (Å²) >= 11 is 0. The topological polar surface area (TPSA) is 76.0 Å². The van der Waals surface area contributed by atoms with E-state index < -0.39 is 8.80 Å². The second kappa shape index (κ2) is 5.04. The summed E-state index contributed by atoms with van der Waals surface area (Å²) in [5, 5.41) is 3.24. The summed E-state index contributed by atoms with van der Waals surface area (Å²) in [5.41, 5.74) is 0. The predicted octanol–water partition coefficient (Wildman–Crippen LogP) is -1.80. The summed E-state index contributed by atoms with van der Waals surface area (Å²) in [6.45, 7) is 4.87. The number of hydrogen-bond acceptors (Lipinski definition) is 5. The van der Waals surface area contributed by atoms with Crippen LogP contribution in [0.15, 0.2) is 0 Å². The molecule has 0 aromatic heterocycles. The molecule has 0 aliphatic carbocycles. The van der Waals surface area contributed by atoms with Gasteiger partial charge in [-0.1, -0.05) is 0 Å². The van der Waals surface area contributed by atoms with Crippen LogP contribution in [0.5, 0.6) is 0 Å². The second-order valence-corrected chi connectivity index (χ2v) is 5.52. The predicted molar refractivity (Wildman–Crippen MR) is 51.1 cm³/mol. The van der Waals surface area contributed by atoms with E-state index in [0.717, 1.165) is 32.7 Å². The Morgan fingerprint density at radius 3 is 2.31 bits per heavy atom. The third-order valence-electron chi connectivity index (χ3n) is 2.20. The maximum atomic E-state index is 8.77. The minimum atomic E-state index is -3.78. The van der Waals surface area contributed by atoms with Crippen molar-refractivity contribution in [2.75, 3.05) is 32.7 Å². The smallest absolute Gasteiger partial charge is 0.390 e. The van der Waals surface area contributed by atoms with Gasteiger partial charge in [-0.3, -0.25) is 0 Å². The van der Waals surface area contributed by atoms with Crippen LogP contribution in [0, 0.1) is 0 Å². The van der Waals surface area contributed by atoms with E-state index in [2.05, 4.69) is 10.2 Å². The molecule has 4 N–H and O–H groups in total. The zero-order valence-electron chi connectivity index (χ0n) is 7.74. The summed E-state index contributed by atoms with van der Waals surface area (Å²) in [4.78, 5) is 28.6. The molecular weight excluding hydrogens is 188 g/mol. The first-order chi connectivity index (χ1) is 6.08. The summed E-state index contributed by atoms with van der Waals surface area (Å²) in [6.07, 6.45) is 0.662. The van der Waals surface area contributed by atoms with Gasteiger partial charge in [-0.25, -0.2) is 0 Å². The van der Waals surface area contributed by atoms with Gasteiger partial charge in [-0.2, -0.15) is 0 Å². The van der Waals surface area contributed by atoms with Gasteiger partial charge in [0.05, 0.1) is 0 Å². The lowest BCUT2D eigenvalue weighted by molar-refractivity contribution is 0.211. The molecule has 0 atom stereocenters. The largest absolute Gasteiger partial charge is 0.492 e. The number of hydrogen-bond donors (Lipinski definition) is 4. The van der Waals surface area contributed by atoms with Crippen LogP contribution in [0.4, 0.5) is 0 Å². The SMILES string of the molecule is O[Si](O)(O)CCCN1CCNCC1. The third kappa shape index (κ3) is 5.35. The van der Waals surface area contributed by atoms with Crippen LogP contribution in [0.2, 0.25) is 6.04 Å². The molecule has 1 heterocycles. The Bertz CT molecular complexity index is 145. The standard InChI is InChI=1S/C7H18N2O3Si/c10-13(11,12)7-1-4-9-5-2-8-3-6-9/h8,10-12H,1-7H2. The molecule has 1 aliphatic heterocycles. The molecule has 0 radical (unpaired) electrons. The fraction of sp³-hybridized carbons (Fsp3) is 1.00. The average molecular weight is 206 g/mol. The molecule has 1 fully saturated rings. The molecular formula is C7H18N2O3Si. The zero-order chi connectivity index (χ0) is 9.73. The first-order valence-corrected chi connectivity index (χ1v) is 6.73. The highest BCUT2D eigenvalue weighted by molar-refractivity contribution is 6.56. The fourth-order valence-electron chi connectivity index (χ4n) is 1.47. The van der Waals surface area contributed by atoms with Crippen molar-refractivity contribution in [3.05, 3.63) is 0 Å². The van der Waals surface area contributed by atoms with Gasteiger partial charge in [0.1, 0.15) is 0 Å². The minimum absolute atomic E-state index is 0.150. The Hall–Kier alpha value is 0.0169. The molecule has 1 rings (SSSR count). The molecule has 0 amide bonds. The van der Waals surface area contributed by atoms with E-state index in [9.17, 15) is 0 Å². The van der Waals surface area contributed by atoms with Crippen molar-refractivity contribution in [1.29, 1.82) is 0 Å². The van der Waals surface area contributed by atoms with Crippen molar-refractivity contribution in [1.82, 2.24) is 10.2 Å². The van der Waals surface area contributed by atoms with E-state index >= 15 is 0 Å². The van der Waals surface area contributed by atoms with E-state index in [0.29, 0.717) is 6.42 Å². The van der Waals surface area contributed by atoms with Crippen LogP contribution >= 0.6 is 0 Å². The van der Waals surface area contributed by atoms with Gasteiger partial charge in [0, 0.05) is 32.2 Å². The molecule has 0 saturated carbocycles. The zero-order valence-corrected chi connectivity index (χ0v) is 8.74. The van der Waals surface area contributed by atoms with Gasteiger partial charge in [0.2, 0.25) is 0 Å². The van der Waals surface area contributed by atoms with Gasteiger partial charge in [-0.05, 0) is 13.0 Å². The summed E-state index contributed by atoms with van der Waals surface area (Å²) in [7, 11) is -3.78. The first kappa shape index (κ1) is 11.1. The van der Waals surface area contributed by atoms with Crippen molar-refractivity contribution in [2.24, 2.45) is 0 Å².